The lowest BCUT2D eigenvalue weighted by Crippen LogP contribution is -2.33. The summed E-state index contributed by atoms with van der Waals surface area (Å²) in [5, 5.41) is 12.7. The number of rotatable bonds is 6. The van der Waals surface area contributed by atoms with Gasteiger partial charge in [-0.3, -0.25) is 10.1 Å². The Labute approximate surface area is 155 Å². The molecule has 0 aromatic heterocycles. The molecule has 0 aliphatic carbocycles. The van der Waals surface area contributed by atoms with E-state index in [9.17, 15) is 4.79 Å². The highest BCUT2D eigenvalue weighted by Crippen LogP contribution is 2.35. The van der Waals surface area contributed by atoms with Gasteiger partial charge in [0.15, 0.2) is 0 Å². The number of ether oxygens (including phenoxy) is 2. The van der Waals surface area contributed by atoms with Crippen LogP contribution in [0.2, 0.25) is 5.02 Å². The van der Waals surface area contributed by atoms with E-state index >= 15 is 0 Å². The van der Waals surface area contributed by atoms with Crippen LogP contribution in [0.5, 0.6) is 11.5 Å². The molecule has 0 amide bonds. The second-order valence-corrected chi connectivity index (χ2v) is 7.11. The molecule has 2 unspecified atom stereocenters. The number of para-hydroxylation sites is 1. The summed E-state index contributed by atoms with van der Waals surface area (Å²) < 4.78 is 11.2. The summed E-state index contributed by atoms with van der Waals surface area (Å²) in [6, 6.07) is 12.5. The minimum atomic E-state index is -0.828. The maximum atomic E-state index is 11.1. The Balaban J connectivity index is 1.76. The van der Waals surface area contributed by atoms with Crippen LogP contribution in [-0.2, 0) is 11.4 Å². The molecule has 7 heteroatoms. The van der Waals surface area contributed by atoms with Gasteiger partial charge in [0.2, 0.25) is 0 Å². The summed E-state index contributed by atoms with van der Waals surface area (Å²) in [6.07, 6.45) is 0. The number of carbonyl (C=O) groups is 1. The van der Waals surface area contributed by atoms with Crippen molar-refractivity contribution in [3.05, 3.63) is 58.6 Å². The smallest absolute Gasteiger partial charge is 0.321 e. The Bertz CT molecular complexity index is 770. The second-order valence-electron chi connectivity index (χ2n) is 5.56. The molecular formula is C18H18ClNO4S. The van der Waals surface area contributed by atoms with Crippen LogP contribution in [0.4, 0.5) is 0 Å². The molecule has 25 heavy (non-hydrogen) atoms. The molecule has 1 fully saturated rings. The highest BCUT2D eigenvalue weighted by molar-refractivity contribution is 7.99. The first kappa shape index (κ1) is 17.9. The van der Waals surface area contributed by atoms with E-state index in [1.54, 1.807) is 24.9 Å². The van der Waals surface area contributed by atoms with Crippen molar-refractivity contribution in [2.45, 2.75) is 18.0 Å². The number of hydrogen-bond acceptors (Lipinski definition) is 5. The van der Waals surface area contributed by atoms with Crippen LogP contribution in [0.15, 0.2) is 42.5 Å². The maximum Gasteiger partial charge on any atom is 0.321 e. The van der Waals surface area contributed by atoms with Gasteiger partial charge in [0.05, 0.1) is 17.5 Å². The number of hydrogen-bond donors (Lipinski definition) is 2. The average Bonchev–Trinajstić information content (AvgIpc) is 3.11. The van der Waals surface area contributed by atoms with Crippen molar-refractivity contribution in [2.24, 2.45) is 0 Å². The Morgan fingerprint density at radius 1 is 1.32 bits per heavy atom. The minimum absolute atomic E-state index is 0.0638. The van der Waals surface area contributed by atoms with E-state index in [0.717, 1.165) is 11.1 Å². The normalized spacial score (nSPS) is 19.6. The van der Waals surface area contributed by atoms with Crippen LogP contribution < -0.4 is 14.8 Å². The SMILES string of the molecule is COc1ccc(C2NC(C(=O)O)CS2)cc1COc1ccccc1Cl. The Kier molecular flexibility index (Phi) is 5.73. The van der Waals surface area contributed by atoms with Gasteiger partial charge >= 0.3 is 5.97 Å². The molecular weight excluding hydrogens is 362 g/mol. The molecule has 1 heterocycles. The number of thioether (sulfide) groups is 1. The molecule has 3 rings (SSSR count). The summed E-state index contributed by atoms with van der Waals surface area (Å²) >= 11 is 7.70. The summed E-state index contributed by atoms with van der Waals surface area (Å²) in [7, 11) is 1.61. The quantitative estimate of drug-likeness (QED) is 0.797. The summed E-state index contributed by atoms with van der Waals surface area (Å²) in [6.45, 7) is 0.306. The first-order valence-electron chi connectivity index (χ1n) is 7.73. The zero-order valence-electron chi connectivity index (χ0n) is 13.6. The second kappa shape index (κ2) is 7.99. The predicted octanol–water partition coefficient (Wildman–Crippen LogP) is 3.72. The number of aliphatic carboxylic acids is 1. The fourth-order valence-electron chi connectivity index (χ4n) is 2.60. The zero-order chi connectivity index (χ0) is 17.8. The van der Waals surface area contributed by atoms with Crippen LogP contribution in [0.3, 0.4) is 0 Å². The van der Waals surface area contributed by atoms with Gasteiger partial charge < -0.3 is 14.6 Å². The third-order valence-corrected chi connectivity index (χ3v) is 5.49. The molecule has 1 aliphatic rings. The van der Waals surface area contributed by atoms with Gasteiger partial charge in [0.25, 0.3) is 0 Å². The fraction of sp³-hybridized carbons (Fsp3) is 0.278. The van der Waals surface area contributed by atoms with Crippen molar-refractivity contribution in [1.29, 1.82) is 0 Å². The molecule has 1 aliphatic heterocycles. The number of carboxylic acids is 1. The van der Waals surface area contributed by atoms with Crippen molar-refractivity contribution in [1.82, 2.24) is 5.32 Å². The lowest BCUT2D eigenvalue weighted by Gasteiger charge is -2.16. The Hall–Kier alpha value is -1.89. The molecule has 0 spiro atoms. The van der Waals surface area contributed by atoms with E-state index in [0.29, 0.717) is 28.9 Å². The van der Waals surface area contributed by atoms with Gasteiger partial charge in [-0.15, -0.1) is 11.8 Å². The van der Waals surface area contributed by atoms with Crippen LogP contribution in [0.1, 0.15) is 16.5 Å². The van der Waals surface area contributed by atoms with Crippen molar-refractivity contribution in [3.8, 4) is 11.5 Å². The van der Waals surface area contributed by atoms with Gasteiger partial charge in [-0.2, -0.15) is 0 Å². The Morgan fingerprint density at radius 3 is 2.80 bits per heavy atom. The van der Waals surface area contributed by atoms with Crippen LogP contribution >= 0.6 is 23.4 Å². The number of halogens is 1. The molecule has 2 N–H and O–H groups in total. The Morgan fingerprint density at radius 2 is 2.12 bits per heavy atom. The third kappa shape index (κ3) is 4.21. The largest absolute Gasteiger partial charge is 0.496 e. The molecule has 2 aromatic carbocycles. The van der Waals surface area contributed by atoms with Gasteiger partial charge in [0, 0.05) is 11.3 Å². The third-order valence-electron chi connectivity index (χ3n) is 3.91. The molecule has 0 bridgehead atoms. The fourth-order valence-corrected chi connectivity index (χ4v) is 4.01. The predicted molar refractivity (Wildman–Crippen MR) is 98.5 cm³/mol. The topological polar surface area (TPSA) is 67.8 Å². The summed E-state index contributed by atoms with van der Waals surface area (Å²) in [5.74, 6) is 1.03. The van der Waals surface area contributed by atoms with Crippen molar-refractivity contribution in [3.63, 3.8) is 0 Å². The van der Waals surface area contributed by atoms with Crippen molar-refractivity contribution in [2.75, 3.05) is 12.9 Å². The van der Waals surface area contributed by atoms with Crippen LogP contribution in [0.25, 0.3) is 0 Å². The van der Waals surface area contributed by atoms with E-state index in [4.69, 9.17) is 26.2 Å². The highest BCUT2D eigenvalue weighted by Gasteiger charge is 2.30. The van der Waals surface area contributed by atoms with Gasteiger partial charge in [-0.05, 0) is 29.8 Å². The van der Waals surface area contributed by atoms with Gasteiger partial charge in [-0.1, -0.05) is 29.8 Å². The number of nitrogens with one attached hydrogen (secondary N) is 1. The number of benzene rings is 2. The first-order valence-corrected chi connectivity index (χ1v) is 9.15. The molecule has 2 aromatic rings. The van der Waals surface area contributed by atoms with Crippen molar-refractivity contribution >= 4 is 29.3 Å². The molecule has 0 saturated carbocycles. The number of methoxy groups -OCH3 is 1. The van der Waals surface area contributed by atoms with E-state index < -0.39 is 12.0 Å². The van der Waals surface area contributed by atoms with Crippen LogP contribution in [-0.4, -0.2) is 30.0 Å². The lowest BCUT2D eigenvalue weighted by atomic mass is 10.1. The minimum Gasteiger partial charge on any atom is -0.496 e. The van der Waals surface area contributed by atoms with Gasteiger partial charge in [0.1, 0.15) is 24.1 Å². The molecule has 132 valence electrons. The summed E-state index contributed by atoms with van der Waals surface area (Å²) in [4.78, 5) is 11.1. The maximum absolute atomic E-state index is 11.1. The summed E-state index contributed by atoms with van der Waals surface area (Å²) in [5.41, 5.74) is 1.87. The zero-order valence-corrected chi connectivity index (χ0v) is 15.1. The average molecular weight is 380 g/mol. The van der Waals surface area contributed by atoms with E-state index in [1.807, 2.05) is 36.4 Å². The van der Waals surface area contributed by atoms with E-state index in [1.165, 1.54) is 0 Å². The number of carboxylic acid groups (broad SMARTS) is 1. The molecule has 0 radical (unpaired) electrons. The highest BCUT2D eigenvalue weighted by atomic mass is 35.5. The first-order chi connectivity index (χ1) is 12.1. The van der Waals surface area contributed by atoms with Crippen molar-refractivity contribution < 1.29 is 19.4 Å². The molecule has 1 saturated heterocycles. The van der Waals surface area contributed by atoms with E-state index in [-0.39, 0.29) is 5.37 Å². The van der Waals surface area contributed by atoms with Crippen LogP contribution in [0, 0.1) is 0 Å². The molecule has 5 nitrogen and oxygen atoms in total. The molecule has 2 atom stereocenters. The monoisotopic (exact) mass is 379 g/mol. The lowest BCUT2D eigenvalue weighted by molar-refractivity contribution is -0.138. The van der Waals surface area contributed by atoms with Gasteiger partial charge in [-0.25, -0.2) is 0 Å². The van der Waals surface area contributed by atoms with E-state index in [2.05, 4.69) is 5.32 Å². The standard InChI is InChI=1S/C18H18ClNO4S/c1-23-15-7-6-11(17-20-14(10-25-17)18(21)22)8-12(15)9-24-16-5-3-2-4-13(16)19/h2-8,14,17,20H,9-10H2,1H3,(H,21,22).